The van der Waals surface area contributed by atoms with Crippen LogP contribution in [0.25, 0.3) is 0 Å². The molecule has 1 aliphatic carbocycles. The van der Waals surface area contributed by atoms with Gasteiger partial charge in [-0.3, -0.25) is 4.79 Å². The molecule has 0 saturated heterocycles. The molecule has 24 heavy (non-hydrogen) atoms. The molecule has 1 aromatic heterocycles. The van der Waals surface area contributed by atoms with Gasteiger partial charge in [0.05, 0.1) is 11.8 Å². The summed E-state index contributed by atoms with van der Waals surface area (Å²) in [5.74, 6) is 2.02. The molecular weight excluding hydrogens is 320 g/mol. The Morgan fingerprint density at radius 1 is 1.33 bits per heavy atom. The zero-order chi connectivity index (χ0) is 16.9. The molecule has 2 aromatic rings. The van der Waals surface area contributed by atoms with Gasteiger partial charge in [0.15, 0.2) is 5.16 Å². The third-order valence-corrected chi connectivity index (χ3v) is 5.28. The summed E-state index contributed by atoms with van der Waals surface area (Å²) in [6, 6.07) is 10.2. The van der Waals surface area contributed by atoms with Crippen molar-refractivity contribution in [2.24, 2.45) is 7.05 Å². The Morgan fingerprint density at radius 2 is 2.08 bits per heavy atom. The second kappa shape index (κ2) is 7.83. The van der Waals surface area contributed by atoms with E-state index in [1.54, 1.807) is 0 Å². The number of aromatic nitrogens is 3. The molecular formula is C18H24N4OS. The summed E-state index contributed by atoms with van der Waals surface area (Å²) in [6.07, 6.45) is 4.37. The topological polar surface area (TPSA) is 59.8 Å². The fourth-order valence-electron chi connectivity index (χ4n) is 2.81. The summed E-state index contributed by atoms with van der Waals surface area (Å²) >= 11 is 1.45. The third kappa shape index (κ3) is 4.17. The molecule has 6 heteroatoms. The van der Waals surface area contributed by atoms with Crippen molar-refractivity contribution < 1.29 is 4.79 Å². The predicted octanol–water partition coefficient (Wildman–Crippen LogP) is 3.44. The molecule has 1 atom stereocenters. The van der Waals surface area contributed by atoms with E-state index >= 15 is 0 Å². The number of carbonyl (C=O) groups excluding carboxylic acids is 1. The van der Waals surface area contributed by atoms with Crippen LogP contribution in [0.2, 0.25) is 0 Å². The molecule has 0 spiro atoms. The number of rotatable bonds is 8. The summed E-state index contributed by atoms with van der Waals surface area (Å²) in [6.45, 7) is 2.13. The van der Waals surface area contributed by atoms with E-state index < -0.39 is 0 Å². The molecule has 0 bridgehead atoms. The van der Waals surface area contributed by atoms with Crippen molar-refractivity contribution in [1.29, 1.82) is 0 Å². The van der Waals surface area contributed by atoms with Gasteiger partial charge in [-0.1, -0.05) is 55.4 Å². The number of carbonyl (C=O) groups is 1. The number of hydrogen-bond acceptors (Lipinski definition) is 4. The van der Waals surface area contributed by atoms with Gasteiger partial charge in [0.25, 0.3) is 0 Å². The van der Waals surface area contributed by atoms with Crippen LogP contribution in [0.4, 0.5) is 0 Å². The van der Waals surface area contributed by atoms with Crippen LogP contribution in [0.3, 0.4) is 0 Å². The van der Waals surface area contributed by atoms with E-state index in [2.05, 4.69) is 34.6 Å². The second-order valence-electron chi connectivity index (χ2n) is 6.28. The average molecular weight is 344 g/mol. The van der Waals surface area contributed by atoms with Gasteiger partial charge >= 0.3 is 0 Å². The van der Waals surface area contributed by atoms with Gasteiger partial charge < -0.3 is 9.88 Å². The van der Waals surface area contributed by atoms with E-state index in [0.717, 1.165) is 29.4 Å². The van der Waals surface area contributed by atoms with Crippen molar-refractivity contribution in [3.63, 3.8) is 0 Å². The van der Waals surface area contributed by atoms with Crippen molar-refractivity contribution in [3.8, 4) is 0 Å². The highest BCUT2D eigenvalue weighted by Gasteiger charge is 2.29. The minimum Gasteiger partial charge on any atom is -0.349 e. The molecule has 3 rings (SSSR count). The lowest BCUT2D eigenvalue weighted by Gasteiger charge is -2.18. The van der Waals surface area contributed by atoms with Gasteiger partial charge in [0.1, 0.15) is 5.82 Å². The monoisotopic (exact) mass is 344 g/mol. The Bertz CT molecular complexity index is 682. The molecule has 1 amide bonds. The van der Waals surface area contributed by atoms with E-state index in [1.165, 1.54) is 24.6 Å². The van der Waals surface area contributed by atoms with Crippen LogP contribution < -0.4 is 5.32 Å². The van der Waals surface area contributed by atoms with Crippen LogP contribution in [0.15, 0.2) is 35.5 Å². The molecule has 128 valence electrons. The molecule has 1 fully saturated rings. The summed E-state index contributed by atoms with van der Waals surface area (Å²) in [4.78, 5) is 12.3. The Kier molecular flexibility index (Phi) is 5.56. The quantitative estimate of drug-likeness (QED) is 0.745. The first-order valence-electron chi connectivity index (χ1n) is 8.55. The second-order valence-corrected chi connectivity index (χ2v) is 7.22. The SMILES string of the molecule is CCC[C@@H](NC(=O)CSc1nnc(C2CC2)n1C)c1ccccc1. The Morgan fingerprint density at radius 3 is 2.75 bits per heavy atom. The number of hydrogen-bond donors (Lipinski definition) is 1. The Balaban J connectivity index is 1.56. The van der Waals surface area contributed by atoms with E-state index in [0.29, 0.717) is 11.7 Å². The van der Waals surface area contributed by atoms with Gasteiger partial charge in [0.2, 0.25) is 5.91 Å². The lowest BCUT2D eigenvalue weighted by Crippen LogP contribution is -2.30. The van der Waals surface area contributed by atoms with Gasteiger partial charge in [-0.25, -0.2) is 0 Å². The first kappa shape index (κ1) is 17.0. The summed E-state index contributed by atoms with van der Waals surface area (Å²) < 4.78 is 2.02. The minimum atomic E-state index is 0.0401. The number of nitrogens with one attached hydrogen (secondary N) is 1. The largest absolute Gasteiger partial charge is 0.349 e. The molecule has 0 unspecified atom stereocenters. The van der Waals surface area contributed by atoms with Crippen molar-refractivity contribution >= 4 is 17.7 Å². The number of benzene rings is 1. The average Bonchev–Trinajstić information content (AvgIpc) is 3.37. The predicted molar refractivity (Wildman–Crippen MR) is 95.9 cm³/mol. The zero-order valence-corrected chi connectivity index (χ0v) is 15.1. The summed E-state index contributed by atoms with van der Waals surface area (Å²) in [5.41, 5.74) is 1.16. The van der Waals surface area contributed by atoms with Gasteiger partial charge in [-0.2, -0.15) is 0 Å². The van der Waals surface area contributed by atoms with Crippen molar-refractivity contribution in [3.05, 3.63) is 41.7 Å². The van der Waals surface area contributed by atoms with Crippen LogP contribution in [0.1, 0.15) is 56.0 Å². The van der Waals surface area contributed by atoms with Gasteiger partial charge in [0, 0.05) is 13.0 Å². The molecule has 5 nitrogen and oxygen atoms in total. The lowest BCUT2D eigenvalue weighted by molar-refractivity contribution is -0.119. The van der Waals surface area contributed by atoms with Crippen LogP contribution in [-0.2, 0) is 11.8 Å². The Hall–Kier alpha value is -1.82. The number of amides is 1. The standard InChI is InChI=1S/C18H24N4OS/c1-3-7-15(13-8-5-4-6-9-13)19-16(23)12-24-18-21-20-17(22(18)2)14-10-11-14/h4-6,8-9,14-15H,3,7,10-12H2,1-2H3,(H,19,23)/t15-/m1/s1. The fraction of sp³-hybridized carbons (Fsp3) is 0.500. The van der Waals surface area contributed by atoms with Crippen molar-refractivity contribution in [1.82, 2.24) is 20.1 Å². The van der Waals surface area contributed by atoms with Gasteiger partial charge in [-0.15, -0.1) is 10.2 Å². The van der Waals surface area contributed by atoms with E-state index in [-0.39, 0.29) is 11.9 Å². The maximum Gasteiger partial charge on any atom is 0.230 e. The summed E-state index contributed by atoms with van der Waals surface area (Å²) in [5, 5.41) is 12.4. The first-order valence-corrected chi connectivity index (χ1v) is 9.54. The smallest absolute Gasteiger partial charge is 0.230 e. The molecule has 1 saturated carbocycles. The van der Waals surface area contributed by atoms with Gasteiger partial charge in [-0.05, 0) is 24.8 Å². The van der Waals surface area contributed by atoms with Crippen molar-refractivity contribution in [2.75, 3.05) is 5.75 Å². The van der Waals surface area contributed by atoms with Crippen LogP contribution in [0, 0.1) is 0 Å². The summed E-state index contributed by atoms with van der Waals surface area (Å²) in [7, 11) is 1.98. The normalized spacial score (nSPS) is 15.2. The third-order valence-electron chi connectivity index (χ3n) is 4.26. The number of thioether (sulfide) groups is 1. The van der Waals surface area contributed by atoms with E-state index in [4.69, 9.17) is 0 Å². The highest BCUT2D eigenvalue weighted by molar-refractivity contribution is 7.99. The highest BCUT2D eigenvalue weighted by Crippen LogP contribution is 2.39. The van der Waals surface area contributed by atoms with Crippen LogP contribution in [-0.4, -0.2) is 26.4 Å². The fourth-order valence-corrected chi connectivity index (χ4v) is 3.54. The minimum absolute atomic E-state index is 0.0401. The number of nitrogens with zero attached hydrogens (tertiary/aromatic N) is 3. The van der Waals surface area contributed by atoms with E-state index in [9.17, 15) is 4.79 Å². The van der Waals surface area contributed by atoms with Crippen LogP contribution >= 0.6 is 11.8 Å². The molecule has 1 heterocycles. The molecule has 1 N–H and O–H groups in total. The zero-order valence-electron chi connectivity index (χ0n) is 14.2. The lowest BCUT2D eigenvalue weighted by atomic mass is 10.0. The van der Waals surface area contributed by atoms with Crippen molar-refractivity contribution in [2.45, 2.75) is 49.7 Å². The highest BCUT2D eigenvalue weighted by atomic mass is 32.2. The Labute approximate surface area is 147 Å². The maximum absolute atomic E-state index is 12.3. The molecule has 1 aromatic carbocycles. The first-order chi connectivity index (χ1) is 11.7. The van der Waals surface area contributed by atoms with E-state index in [1.807, 2.05) is 29.8 Å². The maximum atomic E-state index is 12.3. The molecule has 0 radical (unpaired) electrons. The van der Waals surface area contributed by atoms with Crippen LogP contribution in [0.5, 0.6) is 0 Å². The molecule has 0 aliphatic heterocycles. The molecule has 1 aliphatic rings.